The Balaban J connectivity index is 2.00. The fraction of sp³-hybridized carbons (Fsp3) is 0.357. The first-order valence-corrected chi connectivity index (χ1v) is 6.31. The third-order valence-corrected chi connectivity index (χ3v) is 3.09. The van der Waals surface area contributed by atoms with Gasteiger partial charge in [-0.1, -0.05) is 0 Å². The molecule has 0 saturated heterocycles. The van der Waals surface area contributed by atoms with Crippen molar-refractivity contribution in [3.05, 3.63) is 47.5 Å². The van der Waals surface area contributed by atoms with Gasteiger partial charge in [-0.25, -0.2) is 0 Å². The molecule has 2 heterocycles. The van der Waals surface area contributed by atoms with E-state index in [1.54, 1.807) is 43.2 Å². The lowest BCUT2D eigenvalue weighted by Gasteiger charge is -2.22. The number of carbonyl (C=O) groups excluding carboxylic acids is 1. The average Bonchev–Trinajstić information content (AvgIpc) is 2.84. The molecule has 106 valence electrons. The second kappa shape index (κ2) is 5.42. The topological polar surface area (TPSA) is 80.0 Å². The van der Waals surface area contributed by atoms with Gasteiger partial charge in [-0.2, -0.15) is 5.10 Å². The maximum absolute atomic E-state index is 12.0. The number of amides is 1. The third-order valence-electron chi connectivity index (χ3n) is 3.09. The van der Waals surface area contributed by atoms with E-state index >= 15 is 0 Å². The van der Waals surface area contributed by atoms with Gasteiger partial charge in [0.05, 0.1) is 18.3 Å². The van der Waals surface area contributed by atoms with E-state index in [0.717, 1.165) is 5.69 Å². The van der Waals surface area contributed by atoms with Crippen LogP contribution in [0.3, 0.4) is 0 Å². The summed E-state index contributed by atoms with van der Waals surface area (Å²) in [5.41, 5.74) is 0.811. The van der Waals surface area contributed by atoms with Crippen LogP contribution in [0.1, 0.15) is 28.5 Å². The van der Waals surface area contributed by atoms with Crippen molar-refractivity contribution in [3.63, 3.8) is 0 Å². The summed E-state index contributed by atoms with van der Waals surface area (Å²) in [6, 6.07) is 3.48. The molecule has 1 amide bonds. The molecule has 0 aliphatic heterocycles. The van der Waals surface area contributed by atoms with Crippen molar-refractivity contribution in [2.75, 3.05) is 6.54 Å². The molecule has 20 heavy (non-hydrogen) atoms. The molecule has 0 aliphatic rings. The van der Waals surface area contributed by atoms with E-state index in [1.807, 2.05) is 6.92 Å². The van der Waals surface area contributed by atoms with E-state index in [4.69, 9.17) is 0 Å². The first-order valence-electron chi connectivity index (χ1n) is 6.31. The van der Waals surface area contributed by atoms with Gasteiger partial charge in [0.2, 0.25) is 0 Å². The van der Waals surface area contributed by atoms with E-state index in [2.05, 4.69) is 15.4 Å². The van der Waals surface area contributed by atoms with Crippen LogP contribution in [0, 0.1) is 6.92 Å². The summed E-state index contributed by atoms with van der Waals surface area (Å²) >= 11 is 0. The van der Waals surface area contributed by atoms with Gasteiger partial charge < -0.3 is 10.4 Å². The van der Waals surface area contributed by atoms with E-state index in [9.17, 15) is 9.90 Å². The maximum atomic E-state index is 12.0. The summed E-state index contributed by atoms with van der Waals surface area (Å²) < 4.78 is 1.61. The van der Waals surface area contributed by atoms with Gasteiger partial charge in [0.25, 0.3) is 5.91 Å². The molecule has 0 aliphatic carbocycles. The van der Waals surface area contributed by atoms with E-state index in [-0.39, 0.29) is 12.5 Å². The molecule has 1 unspecified atom stereocenters. The van der Waals surface area contributed by atoms with Crippen LogP contribution in [0.25, 0.3) is 0 Å². The molecule has 2 rings (SSSR count). The Bertz CT molecular complexity index is 602. The lowest BCUT2D eigenvalue weighted by molar-refractivity contribution is 0.0525. The molecular weight excluding hydrogens is 256 g/mol. The second-order valence-electron chi connectivity index (χ2n) is 5.05. The summed E-state index contributed by atoms with van der Waals surface area (Å²) in [6.45, 7) is 3.60. The van der Waals surface area contributed by atoms with Crippen molar-refractivity contribution in [2.45, 2.75) is 19.4 Å². The summed E-state index contributed by atoms with van der Waals surface area (Å²) in [4.78, 5) is 16.0. The number of aromatic nitrogens is 3. The first kappa shape index (κ1) is 14.2. The molecule has 0 fully saturated rings. The van der Waals surface area contributed by atoms with Gasteiger partial charge in [0.1, 0.15) is 5.60 Å². The molecule has 0 bridgehead atoms. The van der Waals surface area contributed by atoms with Crippen LogP contribution in [0.4, 0.5) is 0 Å². The van der Waals surface area contributed by atoms with Crippen molar-refractivity contribution >= 4 is 5.91 Å². The standard InChI is InChI=1S/C14H18N4O2/c1-10-4-5-11(6-15-10)13(19)16-9-14(2,20)12-7-17-18(3)8-12/h4-8,20H,9H2,1-3H3,(H,16,19). The predicted molar refractivity (Wildman–Crippen MR) is 74.1 cm³/mol. The number of hydrogen-bond donors (Lipinski definition) is 2. The van der Waals surface area contributed by atoms with Crippen LogP contribution in [-0.4, -0.2) is 32.3 Å². The zero-order chi connectivity index (χ0) is 14.8. The molecule has 0 radical (unpaired) electrons. The molecule has 1 atom stereocenters. The van der Waals surface area contributed by atoms with Gasteiger partial charge in [-0.15, -0.1) is 0 Å². The van der Waals surface area contributed by atoms with Crippen molar-refractivity contribution in [3.8, 4) is 0 Å². The molecule has 0 saturated carbocycles. The highest BCUT2D eigenvalue weighted by molar-refractivity contribution is 5.93. The van der Waals surface area contributed by atoms with Crippen LogP contribution in [0.2, 0.25) is 0 Å². The van der Waals surface area contributed by atoms with Crippen molar-refractivity contribution in [1.29, 1.82) is 0 Å². The lowest BCUT2D eigenvalue weighted by Crippen LogP contribution is -2.38. The van der Waals surface area contributed by atoms with Gasteiger partial charge in [-0.05, 0) is 26.0 Å². The summed E-state index contributed by atoms with van der Waals surface area (Å²) in [7, 11) is 1.77. The van der Waals surface area contributed by atoms with E-state index in [1.165, 1.54) is 6.20 Å². The number of hydrogen-bond acceptors (Lipinski definition) is 4. The van der Waals surface area contributed by atoms with E-state index < -0.39 is 5.60 Å². The fourth-order valence-electron chi connectivity index (χ4n) is 1.76. The van der Waals surface area contributed by atoms with Crippen LogP contribution >= 0.6 is 0 Å². The Morgan fingerprint density at radius 3 is 2.75 bits per heavy atom. The Hall–Kier alpha value is -2.21. The predicted octanol–water partition coefficient (Wildman–Crippen LogP) is 0.761. The quantitative estimate of drug-likeness (QED) is 0.862. The normalized spacial score (nSPS) is 13.8. The lowest BCUT2D eigenvalue weighted by atomic mass is 9.99. The number of aliphatic hydroxyl groups is 1. The molecule has 2 aromatic heterocycles. The van der Waals surface area contributed by atoms with Gasteiger partial charge in [0.15, 0.2) is 0 Å². The highest BCUT2D eigenvalue weighted by Gasteiger charge is 2.25. The van der Waals surface area contributed by atoms with Crippen LogP contribution < -0.4 is 5.32 Å². The molecule has 2 N–H and O–H groups in total. The Labute approximate surface area is 117 Å². The van der Waals surface area contributed by atoms with Gasteiger partial charge in [0, 0.05) is 30.7 Å². The zero-order valence-corrected chi connectivity index (χ0v) is 11.8. The van der Waals surface area contributed by atoms with Crippen molar-refractivity contribution in [1.82, 2.24) is 20.1 Å². The van der Waals surface area contributed by atoms with Crippen LogP contribution in [0.15, 0.2) is 30.7 Å². The van der Waals surface area contributed by atoms with Crippen molar-refractivity contribution < 1.29 is 9.90 Å². The zero-order valence-electron chi connectivity index (χ0n) is 11.8. The number of aryl methyl sites for hydroxylation is 2. The smallest absolute Gasteiger partial charge is 0.252 e. The highest BCUT2D eigenvalue weighted by Crippen LogP contribution is 2.18. The molecule has 6 nitrogen and oxygen atoms in total. The molecule has 0 aromatic carbocycles. The SMILES string of the molecule is Cc1ccc(C(=O)NCC(C)(O)c2cnn(C)c2)cn1. The summed E-state index contributed by atoms with van der Waals surface area (Å²) in [6.07, 6.45) is 4.82. The number of pyridine rings is 1. The number of nitrogens with one attached hydrogen (secondary N) is 1. The number of rotatable bonds is 4. The largest absolute Gasteiger partial charge is 0.383 e. The molecule has 6 heteroatoms. The monoisotopic (exact) mass is 274 g/mol. The Morgan fingerprint density at radius 1 is 1.45 bits per heavy atom. The van der Waals surface area contributed by atoms with E-state index in [0.29, 0.717) is 11.1 Å². The minimum absolute atomic E-state index is 0.103. The minimum atomic E-state index is -1.16. The molecule has 0 spiro atoms. The Morgan fingerprint density at radius 2 is 2.20 bits per heavy atom. The van der Waals surface area contributed by atoms with Crippen LogP contribution in [0.5, 0.6) is 0 Å². The van der Waals surface area contributed by atoms with Crippen molar-refractivity contribution in [2.24, 2.45) is 7.05 Å². The van der Waals surface area contributed by atoms with Crippen LogP contribution in [-0.2, 0) is 12.6 Å². The van der Waals surface area contributed by atoms with Gasteiger partial charge >= 0.3 is 0 Å². The van der Waals surface area contributed by atoms with Gasteiger partial charge in [-0.3, -0.25) is 14.5 Å². The first-order chi connectivity index (χ1) is 9.38. The average molecular weight is 274 g/mol. The Kier molecular flexibility index (Phi) is 3.85. The molecule has 2 aromatic rings. The minimum Gasteiger partial charge on any atom is -0.383 e. The molecular formula is C14H18N4O2. The highest BCUT2D eigenvalue weighted by atomic mass is 16.3. The maximum Gasteiger partial charge on any atom is 0.252 e. The number of carbonyl (C=O) groups is 1. The second-order valence-corrected chi connectivity index (χ2v) is 5.05. The number of nitrogens with zero attached hydrogens (tertiary/aromatic N) is 3. The fourth-order valence-corrected chi connectivity index (χ4v) is 1.76. The summed E-state index contributed by atoms with van der Waals surface area (Å²) in [5.74, 6) is -0.262. The summed E-state index contributed by atoms with van der Waals surface area (Å²) in [5, 5.41) is 17.1. The third kappa shape index (κ3) is 3.21.